The van der Waals surface area contributed by atoms with E-state index in [-0.39, 0.29) is 5.91 Å². The summed E-state index contributed by atoms with van der Waals surface area (Å²) >= 11 is 0. The van der Waals surface area contributed by atoms with Crippen LogP contribution in [0, 0.1) is 0 Å². The summed E-state index contributed by atoms with van der Waals surface area (Å²) in [7, 11) is 1.59. The van der Waals surface area contributed by atoms with E-state index in [4.69, 9.17) is 9.26 Å². The molecule has 0 saturated carbocycles. The van der Waals surface area contributed by atoms with Gasteiger partial charge < -0.3 is 14.6 Å². The Labute approximate surface area is 138 Å². The van der Waals surface area contributed by atoms with Gasteiger partial charge in [-0.2, -0.15) is 4.98 Å². The molecule has 0 spiro atoms. The average molecular weight is 324 g/mol. The number of para-hydroxylation sites is 1. The number of nitrogens with one attached hydrogen (secondary N) is 1. The van der Waals surface area contributed by atoms with Crippen molar-refractivity contribution in [2.75, 3.05) is 13.7 Å². The van der Waals surface area contributed by atoms with E-state index in [1.54, 1.807) is 31.5 Å². The molecular formula is C17H16N4O3. The SMILES string of the molecule is COc1ccccc1-c1noc(CCNC(=O)c2ccccn2)n1. The zero-order valence-electron chi connectivity index (χ0n) is 13.1. The number of carbonyl (C=O) groups is 1. The second-order valence-electron chi connectivity index (χ2n) is 4.93. The minimum absolute atomic E-state index is 0.236. The predicted molar refractivity (Wildman–Crippen MR) is 86.6 cm³/mol. The molecule has 0 aliphatic heterocycles. The van der Waals surface area contributed by atoms with Gasteiger partial charge in [-0.25, -0.2) is 0 Å². The predicted octanol–water partition coefficient (Wildman–Crippen LogP) is 2.11. The number of hydrogen-bond acceptors (Lipinski definition) is 6. The van der Waals surface area contributed by atoms with Gasteiger partial charge in [-0.15, -0.1) is 0 Å². The van der Waals surface area contributed by atoms with E-state index in [9.17, 15) is 4.79 Å². The third kappa shape index (κ3) is 3.57. The van der Waals surface area contributed by atoms with E-state index in [0.717, 1.165) is 5.56 Å². The molecule has 2 heterocycles. The van der Waals surface area contributed by atoms with E-state index >= 15 is 0 Å². The molecule has 0 aliphatic rings. The van der Waals surface area contributed by atoms with Crippen LogP contribution in [0.3, 0.4) is 0 Å². The van der Waals surface area contributed by atoms with Crippen molar-refractivity contribution < 1.29 is 14.1 Å². The molecule has 1 aromatic carbocycles. The fourth-order valence-electron chi connectivity index (χ4n) is 2.17. The maximum atomic E-state index is 11.9. The van der Waals surface area contributed by atoms with Gasteiger partial charge >= 0.3 is 0 Å². The number of aromatic nitrogens is 3. The molecule has 0 atom stereocenters. The van der Waals surface area contributed by atoms with Crippen molar-refractivity contribution >= 4 is 5.91 Å². The fourth-order valence-corrected chi connectivity index (χ4v) is 2.17. The van der Waals surface area contributed by atoms with E-state index in [0.29, 0.717) is 36.1 Å². The van der Waals surface area contributed by atoms with Crippen LogP contribution in [0.15, 0.2) is 53.2 Å². The average Bonchev–Trinajstić information content (AvgIpc) is 3.11. The number of nitrogens with zero attached hydrogens (tertiary/aromatic N) is 3. The Bertz CT molecular complexity index is 817. The first-order chi connectivity index (χ1) is 11.8. The third-order valence-electron chi connectivity index (χ3n) is 3.34. The first kappa shape index (κ1) is 15.7. The summed E-state index contributed by atoms with van der Waals surface area (Å²) < 4.78 is 10.5. The lowest BCUT2D eigenvalue weighted by Crippen LogP contribution is -2.26. The molecule has 0 radical (unpaired) electrons. The van der Waals surface area contributed by atoms with Gasteiger partial charge in [0.25, 0.3) is 5.91 Å². The molecule has 2 aromatic heterocycles. The van der Waals surface area contributed by atoms with Crippen LogP contribution in [0.5, 0.6) is 5.75 Å². The van der Waals surface area contributed by atoms with Crippen LogP contribution in [0.2, 0.25) is 0 Å². The summed E-state index contributed by atoms with van der Waals surface area (Å²) in [5.74, 6) is 1.34. The summed E-state index contributed by atoms with van der Waals surface area (Å²) in [5.41, 5.74) is 1.13. The van der Waals surface area contributed by atoms with E-state index < -0.39 is 0 Å². The van der Waals surface area contributed by atoms with Crippen molar-refractivity contribution in [2.45, 2.75) is 6.42 Å². The summed E-state index contributed by atoms with van der Waals surface area (Å²) in [6, 6.07) is 12.6. The standard InChI is InChI=1S/C17H16N4O3/c1-23-14-8-3-2-6-12(14)16-20-15(24-21-16)9-11-19-17(22)13-7-4-5-10-18-13/h2-8,10H,9,11H2,1H3,(H,19,22). The maximum Gasteiger partial charge on any atom is 0.269 e. The highest BCUT2D eigenvalue weighted by Gasteiger charge is 2.13. The van der Waals surface area contributed by atoms with E-state index in [2.05, 4.69) is 20.4 Å². The monoisotopic (exact) mass is 324 g/mol. The highest BCUT2D eigenvalue weighted by atomic mass is 16.5. The minimum atomic E-state index is -0.236. The molecule has 3 aromatic rings. The Morgan fingerprint density at radius 3 is 2.83 bits per heavy atom. The fraction of sp³-hybridized carbons (Fsp3) is 0.176. The lowest BCUT2D eigenvalue weighted by atomic mass is 10.2. The Balaban J connectivity index is 1.60. The van der Waals surface area contributed by atoms with Gasteiger partial charge in [-0.1, -0.05) is 23.4 Å². The third-order valence-corrected chi connectivity index (χ3v) is 3.34. The van der Waals surface area contributed by atoms with Crippen LogP contribution >= 0.6 is 0 Å². The van der Waals surface area contributed by atoms with Crippen molar-refractivity contribution in [3.8, 4) is 17.1 Å². The van der Waals surface area contributed by atoms with Gasteiger partial charge in [-0.05, 0) is 24.3 Å². The van der Waals surface area contributed by atoms with Gasteiger partial charge in [0.2, 0.25) is 11.7 Å². The Kier molecular flexibility index (Phi) is 4.81. The highest BCUT2D eigenvalue weighted by molar-refractivity contribution is 5.92. The number of rotatable bonds is 6. The van der Waals surface area contributed by atoms with Crippen molar-refractivity contribution in [1.82, 2.24) is 20.4 Å². The topological polar surface area (TPSA) is 90.1 Å². The molecule has 1 N–H and O–H groups in total. The summed E-state index contributed by atoms with van der Waals surface area (Å²) in [4.78, 5) is 20.2. The van der Waals surface area contributed by atoms with Gasteiger partial charge in [0.05, 0.1) is 12.7 Å². The number of hydrogen-bond donors (Lipinski definition) is 1. The van der Waals surface area contributed by atoms with Crippen LogP contribution in [0.1, 0.15) is 16.4 Å². The number of benzene rings is 1. The quantitative estimate of drug-likeness (QED) is 0.747. The molecule has 7 nitrogen and oxygen atoms in total. The molecule has 0 saturated heterocycles. The number of pyridine rings is 1. The zero-order valence-corrected chi connectivity index (χ0v) is 13.1. The van der Waals surface area contributed by atoms with Crippen LogP contribution in [0.25, 0.3) is 11.4 Å². The Morgan fingerprint density at radius 1 is 1.21 bits per heavy atom. The largest absolute Gasteiger partial charge is 0.496 e. The number of carbonyl (C=O) groups excluding carboxylic acids is 1. The highest BCUT2D eigenvalue weighted by Crippen LogP contribution is 2.26. The van der Waals surface area contributed by atoms with Gasteiger partial charge in [0, 0.05) is 19.2 Å². The summed E-state index contributed by atoms with van der Waals surface area (Å²) in [6.07, 6.45) is 2.01. The van der Waals surface area contributed by atoms with Crippen LogP contribution in [-0.4, -0.2) is 34.7 Å². The molecule has 0 aliphatic carbocycles. The van der Waals surface area contributed by atoms with Crippen molar-refractivity contribution in [3.63, 3.8) is 0 Å². The number of amides is 1. The van der Waals surface area contributed by atoms with Gasteiger partial charge in [0.15, 0.2) is 0 Å². The summed E-state index contributed by atoms with van der Waals surface area (Å²) in [5, 5.41) is 6.72. The molecule has 7 heteroatoms. The van der Waals surface area contributed by atoms with Crippen molar-refractivity contribution in [2.24, 2.45) is 0 Å². The smallest absolute Gasteiger partial charge is 0.269 e. The number of ether oxygens (including phenoxy) is 1. The minimum Gasteiger partial charge on any atom is -0.496 e. The zero-order chi connectivity index (χ0) is 16.8. The van der Waals surface area contributed by atoms with E-state index in [1.807, 2.05) is 24.3 Å². The first-order valence-corrected chi connectivity index (χ1v) is 7.43. The molecular weight excluding hydrogens is 308 g/mol. The Morgan fingerprint density at radius 2 is 2.04 bits per heavy atom. The Hall–Kier alpha value is -3.22. The lowest BCUT2D eigenvalue weighted by molar-refractivity contribution is 0.0948. The van der Waals surface area contributed by atoms with Crippen molar-refractivity contribution in [1.29, 1.82) is 0 Å². The van der Waals surface area contributed by atoms with Gasteiger partial charge in [0.1, 0.15) is 11.4 Å². The van der Waals surface area contributed by atoms with E-state index in [1.165, 1.54) is 0 Å². The molecule has 0 unspecified atom stereocenters. The summed E-state index contributed by atoms with van der Waals surface area (Å²) in [6.45, 7) is 0.378. The maximum absolute atomic E-state index is 11.9. The van der Waals surface area contributed by atoms with Crippen LogP contribution in [-0.2, 0) is 6.42 Å². The molecule has 0 fully saturated rings. The van der Waals surface area contributed by atoms with Crippen LogP contribution in [0.4, 0.5) is 0 Å². The normalized spacial score (nSPS) is 10.4. The molecule has 24 heavy (non-hydrogen) atoms. The lowest BCUT2D eigenvalue weighted by Gasteiger charge is -2.03. The molecule has 3 rings (SSSR count). The second-order valence-corrected chi connectivity index (χ2v) is 4.93. The molecule has 122 valence electrons. The number of methoxy groups -OCH3 is 1. The molecule has 1 amide bonds. The van der Waals surface area contributed by atoms with Gasteiger partial charge in [-0.3, -0.25) is 9.78 Å². The first-order valence-electron chi connectivity index (χ1n) is 7.43. The second kappa shape index (κ2) is 7.36. The van der Waals surface area contributed by atoms with Crippen LogP contribution < -0.4 is 10.1 Å². The van der Waals surface area contributed by atoms with Crippen molar-refractivity contribution in [3.05, 3.63) is 60.2 Å². The molecule has 0 bridgehead atoms.